The minimum absolute atomic E-state index is 0.511. The van der Waals surface area contributed by atoms with Gasteiger partial charge in [0.1, 0.15) is 11.6 Å². The molecule has 2 aromatic heterocycles. The van der Waals surface area contributed by atoms with Gasteiger partial charge >= 0.3 is 0 Å². The molecule has 0 aliphatic heterocycles. The van der Waals surface area contributed by atoms with E-state index in [1.807, 2.05) is 5.38 Å². The maximum absolute atomic E-state index is 5.34. The van der Waals surface area contributed by atoms with Gasteiger partial charge in [0.15, 0.2) is 5.75 Å². The van der Waals surface area contributed by atoms with E-state index < -0.39 is 0 Å². The molecule has 4 nitrogen and oxygen atoms in total. The Morgan fingerprint density at radius 3 is 3.25 bits per heavy atom. The van der Waals surface area contributed by atoms with Crippen LogP contribution in [0.15, 0.2) is 24.0 Å². The number of nitrogens with one attached hydrogen (secondary N) is 1. The summed E-state index contributed by atoms with van der Waals surface area (Å²) < 4.78 is 5.34. The molecule has 0 spiro atoms. The molecule has 62 valence electrons. The summed E-state index contributed by atoms with van der Waals surface area (Å²) >= 11 is 1.58. The Bertz CT molecular complexity index is 282. The summed E-state index contributed by atoms with van der Waals surface area (Å²) in [4.78, 5) is 4.08. The Labute approximate surface area is 73.2 Å². The number of nitrogens with zero attached hydrogens (tertiary/aromatic N) is 2. The highest BCUT2D eigenvalue weighted by atomic mass is 32.1. The first-order chi connectivity index (χ1) is 5.95. The van der Waals surface area contributed by atoms with E-state index in [2.05, 4.69) is 15.2 Å². The van der Waals surface area contributed by atoms with Crippen LogP contribution in [0.1, 0.15) is 5.01 Å². The Kier molecular flexibility index (Phi) is 2.04. The first-order valence-electron chi connectivity index (χ1n) is 3.45. The Balaban J connectivity index is 1.91. The average molecular weight is 181 g/mol. The zero-order valence-corrected chi connectivity index (χ0v) is 7.04. The summed E-state index contributed by atoms with van der Waals surface area (Å²) in [5, 5.41) is 9.32. The van der Waals surface area contributed by atoms with Gasteiger partial charge in [0.25, 0.3) is 0 Å². The van der Waals surface area contributed by atoms with E-state index in [-0.39, 0.29) is 0 Å². The Morgan fingerprint density at radius 1 is 1.58 bits per heavy atom. The fourth-order valence-corrected chi connectivity index (χ4v) is 1.31. The van der Waals surface area contributed by atoms with Crippen molar-refractivity contribution in [2.75, 3.05) is 0 Å². The van der Waals surface area contributed by atoms with E-state index >= 15 is 0 Å². The highest BCUT2D eigenvalue weighted by Gasteiger charge is 1.97. The summed E-state index contributed by atoms with van der Waals surface area (Å²) in [7, 11) is 0. The van der Waals surface area contributed by atoms with Gasteiger partial charge in [0.2, 0.25) is 0 Å². The van der Waals surface area contributed by atoms with Crippen LogP contribution in [0.3, 0.4) is 0 Å². The fraction of sp³-hybridized carbons (Fsp3) is 0.143. The van der Waals surface area contributed by atoms with Gasteiger partial charge in [0, 0.05) is 11.6 Å². The molecule has 0 fully saturated rings. The molecule has 0 atom stereocenters. The van der Waals surface area contributed by atoms with Crippen molar-refractivity contribution in [3.8, 4) is 5.75 Å². The molecule has 0 aliphatic carbocycles. The van der Waals surface area contributed by atoms with Gasteiger partial charge in [-0.2, -0.15) is 5.10 Å². The Hall–Kier alpha value is -1.36. The molecule has 2 aromatic rings. The van der Waals surface area contributed by atoms with Crippen molar-refractivity contribution in [3.05, 3.63) is 29.0 Å². The van der Waals surface area contributed by atoms with Crippen LogP contribution < -0.4 is 4.74 Å². The van der Waals surface area contributed by atoms with Crippen molar-refractivity contribution < 1.29 is 4.74 Å². The van der Waals surface area contributed by atoms with Crippen LogP contribution in [-0.2, 0) is 6.61 Å². The predicted octanol–water partition coefficient (Wildman–Crippen LogP) is 1.45. The highest BCUT2D eigenvalue weighted by molar-refractivity contribution is 7.09. The zero-order valence-electron chi connectivity index (χ0n) is 6.23. The number of thiazole rings is 1. The molecule has 12 heavy (non-hydrogen) atoms. The van der Waals surface area contributed by atoms with Crippen LogP contribution in [0.5, 0.6) is 5.75 Å². The normalized spacial score (nSPS) is 10.0. The second-order valence-electron chi connectivity index (χ2n) is 2.15. The van der Waals surface area contributed by atoms with E-state index in [4.69, 9.17) is 4.74 Å². The molecular weight excluding hydrogens is 174 g/mol. The second-order valence-corrected chi connectivity index (χ2v) is 3.13. The van der Waals surface area contributed by atoms with Crippen molar-refractivity contribution in [1.29, 1.82) is 0 Å². The summed E-state index contributed by atoms with van der Waals surface area (Å²) in [5.41, 5.74) is 0. The van der Waals surface area contributed by atoms with Crippen molar-refractivity contribution in [3.63, 3.8) is 0 Å². The summed E-state index contributed by atoms with van der Waals surface area (Å²) in [5.74, 6) is 0.741. The van der Waals surface area contributed by atoms with Gasteiger partial charge in [0.05, 0.1) is 12.4 Å². The molecule has 0 unspecified atom stereocenters. The smallest absolute Gasteiger partial charge is 0.157 e. The van der Waals surface area contributed by atoms with Crippen molar-refractivity contribution >= 4 is 11.3 Å². The van der Waals surface area contributed by atoms with E-state index in [9.17, 15) is 0 Å². The number of ether oxygens (including phenoxy) is 1. The van der Waals surface area contributed by atoms with Crippen LogP contribution >= 0.6 is 11.3 Å². The summed E-state index contributed by atoms with van der Waals surface area (Å²) in [6.07, 6.45) is 5.10. The van der Waals surface area contributed by atoms with Gasteiger partial charge in [-0.1, -0.05) is 0 Å². The SMILES string of the molecule is c1csc(COc2cn[nH]c2)n1. The molecular formula is C7H7N3OS. The molecule has 2 rings (SSSR count). The van der Waals surface area contributed by atoms with Crippen molar-refractivity contribution in [2.45, 2.75) is 6.61 Å². The lowest BCUT2D eigenvalue weighted by Crippen LogP contribution is -1.92. The standard InChI is InChI=1S/C7H7N3OS/c1-2-12-7(8-1)5-11-6-3-9-10-4-6/h1-4H,5H2,(H,9,10). The third-order valence-electron chi connectivity index (χ3n) is 1.32. The van der Waals surface area contributed by atoms with Crippen molar-refractivity contribution in [1.82, 2.24) is 15.2 Å². The van der Waals surface area contributed by atoms with Gasteiger partial charge < -0.3 is 4.74 Å². The van der Waals surface area contributed by atoms with Crippen LogP contribution in [0.2, 0.25) is 0 Å². The molecule has 0 saturated heterocycles. The maximum atomic E-state index is 5.34. The van der Waals surface area contributed by atoms with Crippen LogP contribution in [-0.4, -0.2) is 15.2 Å². The van der Waals surface area contributed by atoms with E-state index in [1.165, 1.54) is 0 Å². The number of H-pyrrole nitrogens is 1. The number of aromatic nitrogens is 3. The van der Waals surface area contributed by atoms with Crippen LogP contribution in [0.25, 0.3) is 0 Å². The summed E-state index contributed by atoms with van der Waals surface area (Å²) in [6.45, 7) is 0.511. The van der Waals surface area contributed by atoms with Gasteiger partial charge in [-0.05, 0) is 0 Å². The van der Waals surface area contributed by atoms with Crippen LogP contribution in [0.4, 0.5) is 0 Å². The number of rotatable bonds is 3. The third-order valence-corrected chi connectivity index (χ3v) is 2.07. The minimum Gasteiger partial charge on any atom is -0.483 e. The first-order valence-corrected chi connectivity index (χ1v) is 4.33. The molecule has 5 heteroatoms. The van der Waals surface area contributed by atoms with E-state index in [1.54, 1.807) is 29.9 Å². The molecule has 0 bridgehead atoms. The monoisotopic (exact) mass is 181 g/mol. The molecule has 2 heterocycles. The molecule has 0 aromatic carbocycles. The van der Waals surface area contributed by atoms with E-state index in [0.29, 0.717) is 6.61 Å². The topological polar surface area (TPSA) is 50.8 Å². The summed E-state index contributed by atoms with van der Waals surface area (Å²) in [6, 6.07) is 0. The van der Waals surface area contributed by atoms with Gasteiger partial charge in [-0.15, -0.1) is 11.3 Å². The number of hydrogen-bond acceptors (Lipinski definition) is 4. The first kappa shape index (κ1) is 7.30. The third kappa shape index (κ3) is 1.62. The van der Waals surface area contributed by atoms with Gasteiger partial charge in [-0.25, -0.2) is 4.98 Å². The number of aromatic amines is 1. The molecule has 0 amide bonds. The molecule has 0 aliphatic rings. The maximum Gasteiger partial charge on any atom is 0.157 e. The average Bonchev–Trinajstić information content (AvgIpc) is 2.74. The number of hydrogen-bond donors (Lipinski definition) is 1. The largest absolute Gasteiger partial charge is 0.483 e. The van der Waals surface area contributed by atoms with Gasteiger partial charge in [-0.3, -0.25) is 5.10 Å². The zero-order chi connectivity index (χ0) is 8.23. The fourth-order valence-electron chi connectivity index (χ4n) is 0.787. The quantitative estimate of drug-likeness (QED) is 0.779. The van der Waals surface area contributed by atoms with Crippen molar-refractivity contribution in [2.24, 2.45) is 0 Å². The molecule has 1 N–H and O–H groups in total. The lowest BCUT2D eigenvalue weighted by Gasteiger charge is -1.97. The van der Waals surface area contributed by atoms with Crippen LogP contribution in [0, 0.1) is 0 Å². The lowest BCUT2D eigenvalue weighted by atomic mass is 10.6. The minimum atomic E-state index is 0.511. The Morgan fingerprint density at radius 2 is 2.58 bits per heavy atom. The lowest BCUT2D eigenvalue weighted by molar-refractivity contribution is 0.305. The molecule has 0 radical (unpaired) electrons. The highest BCUT2D eigenvalue weighted by Crippen LogP contribution is 2.10. The molecule has 0 saturated carbocycles. The second kappa shape index (κ2) is 3.36. The predicted molar refractivity (Wildman–Crippen MR) is 45.0 cm³/mol. The van der Waals surface area contributed by atoms with E-state index in [0.717, 1.165) is 10.8 Å².